The van der Waals surface area contributed by atoms with Crippen LogP contribution < -0.4 is 4.90 Å². The van der Waals surface area contributed by atoms with Gasteiger partial charge in [0.25, 0.3) is 0 Å². The second-order valence-corrected chi connectivity index (χ2v) is 6.35. The summed E-state index contributed by atoms with van der Waals surface area (Å²) in [5.74, 6) is 0. The van der Waals surface area contributed by atoms with Gasteiger partial charge in [-0.05, 0) is 29.2 Å². The molecule has 0 bridgehead atoms. The van der Waals surface area contributed by atoms with Gasteiger partial charge < -0.3 is 4.90 Å². The lowest BCUT2D eigenvalue weighted by Gasteiger charge is -2.19. The second-order valence-electron chi connectivity index (χ2n) is 5.94. The van der Waals surface area contributed by atoms with Gasteiger partial charge in [0, 0.05) is 25.5 Å². The fraction of sp³-hybridized carbons (Fsp3) is 0.211. The van der Waals surface area contributed by atoms with Crippen LogP contribution in [0.1, 0.15) is 11.3 Å². The highest BCUT2D eigenvalue weighted by molar-refractivity contribution is 6.31. The number of nitrogens with zero attached hydrogens (tertiary/aromatic N) is 3. The third-order valence-corrected chi connectivity index (χ3v) is 4.72. The summed E-state index contributed by atoms with van der Waals surface area (Å²) < 4.78 is 1.77. The van der Waals surface area contributed by atoms with Crippen molar-refractivity contribution in [2.75, 3.05) is 11.4 Å². The lowest BCUT2D eigenvalue weighted by Crippen LogP contribution is -2.20. The third-order valence-electron chi connectivity index (χ3n) is 4.40. The van der Waals surface area contributed by atoms with Crippen LogP contribution in [0.3, 0.4) is 0 Å². The first-order valence-corrected chi connectivity index (χ1v) is 8.20. The van der Waals surface area contributed by atoms with E-state index in [0.717, 1.165) is 30.2 Å². The molecule has 0 radical (unpaired) electrons. The maximum absolute atomic E-state index is 6.27. The van der Waals surface area contributed by atoms with Crippen molar-refractivity contribution in [2.24, 2.45) is 7.05 Å². The van der Waals surface area contributed by atoms with E-state index < -0.39 is 0 Å². The molecule has 0 atom stereocenters. The number of halogens is 1. The van der Waals surface area contributed by atoms with Gasteiger partial charge in [0.2, 0.25) is 0 Å². The van der Waals surface area contributed by atoms with Crippen LogP contribution in [0.25, 0.3) is 11.1 Å². The summed E-state index contributed by atoms with van der Waals surface area (Å²) in [6.07, 6.45) is 2.92. The van der Waals surface area contributed by atoms with E-state index in [1.54, 1.807) is 4.68 Å². The normalized spacial score (nSPS) is 13.4. The summed E-state index contributed by atoms with van der Waals surface area (Å²) in [4.78, 5) is 2.37. The Morgan fingerprint density at radius 3 is 2.65 bits per heavy atom. The van der Waals surface area contributed by atoms with Gasteiger partial charge in [-0.15, -0.1) is 0 Å². The smallest absolute Gasteiger partial charge is 0.100 e. The highest BCUT2D eigenvalue weighted by Crippen LogP contribution is 2.37. The van der Waals surface area contributed by atoms with Crippen molar-refractivity contribution in [1.29, 1.82) is 0 Å². The van der Waals surface area contributed by atoms with E-state index in [-0.39, 0.29) is 0 Å². The zero-order chi connectivity index (χ0) is 15.8. The predicted octanol–water partition coefficient (Wildman–Crippen LogP) is 4.30. The number of hydrogen-bond acceptors (Lipinski definition) is 2. The van der Waals surface area contributed by atoms with E-state index in [0.29, 0.717) is 0 Å². The molecule has 0 fully saturated rings. The molecular weight excluding hydrogens is 306 g/mol. The first-order chi connectivity index (χ1) is 11.2. The van der Waals surface area contributed by atoms with Gasteiger partial charge in [-0.2, -0.15) is 5.10 Å². The van der Waals surface area contributed by atoms with Gasteiger partial charge in [-0.25, -0.2) is 0 Å². The number of aryl methyl sites for hydroxylation is 1. The molecule has 23 heavy (non-hydrogen) atoms. The van der Waals surface area contributed by atoms with E-state index in [4.69, 9.17) is 11.6 Å². The molecule has 3 aromatic rings. The molecule has 1 aliphatic heterocycles. The monoisotopic (exact) mass is 323 g/mol. The zero-order valence-corrected chi connectivity index (χ0v) is 13.8. The fourth-order valence-electron chi connectivity index (χ4n) is 3.35. The number of aromatic nitrogens is 2. The molecular formula is C19H18ClN3. The number of anilines is 1. The molecule has 0 aliphatic carbocycles. The summed E-state index contributed by atoms with van der Waals surface area (Å²) in [6.45, 7) is 1.76. The molecule has 0 saturated heterocycles. The SMILES string of the molecule is Cn1cc(Cl)c(CN2CCc3c(-c4ccccc4)cccc32)n1. The molecule has 0 unspecified atom stereocenters. The van der Waals surface area contributed by atoms with Crippen LogP contribution in [0.15, 0.2) is 54.7 Å². The van der Waals surface area contributed by atoms with Crippen LogP contribution in [0.5, 0.6) is 0 Å². The largest absolute Gasteiger partial charge is 0.365 e. The lowest BCUT2D eigenvalue weighted by atomic mass is 9.98. The molecule has 3 nitrogen and oxygen atoms in total. The highest BCUT2D eigenvalue weighted by Gasteiger charge is 2.23. The van der Waals surface area contributed by atoms with Crippen LogP contribution in [-0.2, 0) is 20.0 Å². The second kappa shape index (κ2) is 5.74. The number of hydrogen-bond donors (Lipinski definition) is 0. The Kier molecular flexibility index (Phi) is 3.58. The lowest BCUT2D eigenvalue weighted by molar-refractivity contribution is 0.725. The molecule has 4 rings (SSSR count). The average Bonchev–Trinajstić information content (AvgIpc) is 3.12. The van der Waals surface area contributed by atoms with Crippen molar-refractivity contribution < 1.29 is 0 Å². The Balaban J connectivity index is 1.69. The minimum Gasteiger partial charge on any atom is -0.365 e. The van der Waals surface area contributed by atoms with E-state index in [1.165, 1.54) is 22.4 Å². The molecule has 4 heteroatoms. The number of rotatable bonds is 3. The van der Waals surface area contributed by atoms with Gasteiger partial charge in [-0.1, -0.05) is 54.1 Å². The van der Waals surface area contributed by atoms with Gasteiger partial charge in [0.05, 0.1) is 11.6 Å². The highest BCUT2D eigenvalue weighted by atomic mass is 35.5. The van der Waals surface area contributed by atoms with Gasteiger partial charge in [-0.3, -0.25) is 4.68 Å². The van der Waals surface area contributed by atoms with Crippen molar-refractivity contribution in [3.8, 4) is 11.1 Å². The maximum Gasteiger partial charge on any atom is 0.100 e. The first kappa shape index (κ1) is 14.3. The molecule has 0 amide bonds. The Morgan fingerprint density at radius 1 is 1.09 bits per heavy atom. The van der Waals surface area contributed by atoms with E-state index >= 15 is 0 Å². The van der Waals surface area contributed by atoms with Crippen molar-refractivity contribution in [3.05, 3.63) is 71.0 Å². The molecule has 0 N–H and O–H groups in total. The van der Waals surface area contributed by atoms with Gasteiger partial charge in [0.1, 0.15) is 5.69 Å². The molecule has 0 saturated carbocycles. The minimum absolute atomic E-state index is 0.736. The van der Waals surface area contributed by atoms with Crippen LogP contribution in [-0.4, -0.2) is 16.3 Å². The summed E-state index contributed by atoms with van der Waals surface area (Å²) in [7, 11) is 1.90. The Hall–Kier alpha value is -2.26. The number of fused-ring (bicyclic) bond motifs is 1. The van der Waals surface area contributed by atoms with Crippen molar-refractivity contribution >= 4 is 17.3 Å². The van der Waals surface area contributed by atoms with Gasteiger partial charge >= 0.3 is 0 Å². The van der Waals surface area contributed by atoms with Crippen LogP contribution in [0.4, 0.5) is 5.69 Å². The molecule has 1 aromatic heterocycles. The summed E-state index contributed by atoms with van der Waals surface area (Å²) in [5.41, 5.74) is 6.27. The van der Waals surface area contributed by atoms with Crippen molar-refractivity contribution in [1.82, 2.24) is 9.78 Å². The minimum atomic E-state index is 0.736. The van der Waals surface area contributed by atoms with Crippen molar-refractivity contribution in [2.45, 2.75) is 13.0 Å². The molecule has 2 heterocycles. The predicted molar refractivity (Wildman–Crippen MR) is 94.9 cm³/mol. The third kappa shape index (κ3) is 2.62. The Labute approximate surface area is 141 Å². The summed E-state index contributed by atoms with van der Waals surface area (Å²) in [6, 6.07) is 17.1. The fourth-order valence-corrected chi connectivity index (χ4v) is 3.59. The molecule has 2 aromatic carbocycles. The molecule has 1 aliphatic rings. The molecule has 116 valence electrons. The maximum atomic E-state index is 6.27. The zero-order valence-electron chi connectivity index (χ0n) is 13.0. The van der Waals surface area contributed by atoms with Crippen LogP contribution >= 0.6 is 11.6 Å². The quantitative estimate of drug-likeness (QED) is 0.716. The summed E-state index contributed by atoms with van der Waals surface area (Å²) >= 11 is 6.27. The van der Waals surface area contributed by atoms with Crippen molar-refractivity contribution in [3.63, 3.8) is 0 Å². The van der Waals surface area contributed by atoms with Crippen LogP contribution in [0.2, 0.25) is 5.02 Å². The average molecular weight is 324 g/mol. The van der Waals surface area contributed by atoms with E-state index in [2.05, 4.69) is 58.5 Å². The number of benzene rings is 2. The van der Waals surface area contributed by atoms with Gasteiger partial charge in [0.15, 0.2) is 0 Å². The summed E-state index contributed by atoms with van der Waals surface area (Å²) in [5, 5.41) is 5.21. The molecule has 0 spiro atoms. The first-order valence-electron chi connectivity index (χ1n) is 7.82. The Morgan fingerprint density at radius 2 is 1.91 bits per heavy atom. The van der Waals surface area contributed by atoms with E-state index in [9.17, 15) is 0 Å². The topological polar surface area (TPSA) is 21.1 Å². The van der Waals surface area contributed by atoms with Crippen LogP contribution in [0, 0.1) is 0 Å². The standard InChI is InChI=1S/C19H18ClN3/c1-22-12-17(20)18(21-22)13-23-11-10-16-15(8-5-9-19(16)23)14-6-3-2-4-7-14/h2-9,12H,10-11,13H2,1H3. The Bertz CT molecular complexity index is 839. The van der Waals surface area contributed by atoms with E-state index in [1.807, 2.05) is 13.2 Å².